The number of H-pyrrole nitrogens is 1. The Labute approximate surface area is 73.9 Å². The lowest BCUT2D eigenvalue weighted by Crippen LogP contribution is -2.24. The highest BCUT2D eigenvalue weighted by atomic mass is 15.1. The van der Waals surface area contributed by atoms with Crippen molar-refractivity contribution in [2.75, 3.05) is 5.73 Å². The molecule has 0 radical (unpaired) electrons. The first-order valence-electron chi connectivity index (χ1n) is 3.98. The van der Waals surface area contributed by atoms with Crippen LogP contribution in [-0.2, 0) is 6.54 Å². The van der Waals surface area contributed by atoms with E-state index in [1.54, 1.807) is 10.9 Å². The van der Waals surface area contributed by atoms with E-state index >= 15 is 0 Å². The lowest BCUT2D eigenvalue weighted by atomic mass is 10.5. The van der Waals surface area contributed by atoms with Crippen LogP contribution in [0.25, 0.3) is 11.2 Å². The molecule has 0 amide bonds. The molecule has 0 aromatic carbocycles. The number of nitrogen functional groups attached to an aromatic ring is 1. The number of imidazole rings is 1. The molecular formula is C7H10N6. The van der Waals surface area contributed by atoms with Crippen LogP contribution in [-0.4, -0.2) is 19.5 Å². The second kappa shape index (κ2) is 2.58. The van der Waals surface area contributed by atoms with Crippen LogP contribution in [0.15, 0.2) is 6.33 Å². The second-order valence-corrected chi connectivity index (χ2v) is 2.67. The van der Waals surface area contributed by atoms with Crippen molar-refractivity contribution in [1.29, 1.82) is 5.41 Å². The topological polar surface area (TPSA) is 96.4 Å². The molecule has 0 bridgehead atoms. The first-order valence-corrected chi connectivity index (χ1v) is 3.98. The molecule has 0 saturated heterocycles. The SMILES string of the molecule is CCn1c(=N)nc(N)c2[nH]cnc21. The molecule has 2 aromatic heterocycles. The fourth-order valence-electron chi connectivity index (χ4n) is 1.31. The van der Waals surface area contributed by atoms with Gasteiger partial charge in [0.05, 0.1) is 6.33 Å². The Morgan fingerprint density at radius 1 is 1.69 bits per heavy atom. The number of anilines is 1. The molecule has 0 saturated carbocycles. The second-order valence-electron chi connectivity index (χ2n) is 2.67. The number of aryl methyl sites for hydroxylation is 1. The Hall–Kier alpha value is -1.85. The molecule has 0 unspecified atom stereocenters. The Morgan fingerprint density at radius 3 is 3.15 bits per heavy atom. The molecule has 2 aromatic rings. The first kappa shape index (κ1) is 7.78. The number of hydrogen-bond donors (Lipinski definition) is 3. The minimum atomic E-state index is 0.139. The zero-order valence-corrected chi connectivity index (χ0v) is 7.20. The molecular weight excluding hydrogens is 168 g/mol. The van der Waals surface area contributed by atoms with Crippen molar-refractivity contribution in [3.8, 4) is 0 Å². The predicted molar refractivity (Wildman–Crippen MR) is 47.8 cm³/mol. The summed E-state index contributed by atoms with van der Waals surface area (Å²) in [6.07, 6.45) is 1.55. The summed E-state index contributed by atoms with van der Waals surface area (Å²) in [5.41, 5.74) is 7.12. The standard InChI is InChI=1S/C7H10N6/c1-2-13-6-4(10-3-11-6)5(8)12-7(13)9/h3H,2H2,1H3,(H,10,11)(H3,8,9,12). The van der Waals surface area contributed by atoms with E-state index < -0.39 is 0 Å². The number of nitrogens with two attached hydrogens (primary N) is 1. The maximum Gasteiger partial charge on any atom is 0.225 e. The number of rotatable bonds is 1. The van der Waals surface area contributed by atoms with Crippen molar-refractivity contribution in [1.82, 2.24) is 19.5 Å². The van der Waals surface area contributed by atoms with Gasteiger partial charge in [0.1, 0.15) is 5.52 Å². The maximum atomic E-state index is 7.55. The van der Waals surface area contributed by atoms with Crippen LogP contribution in [0.2, 0.25) is 0 Å². The highest BCUT2D eigenvalue weighted by Gasteiger charge is 2.06. The summed E-state index contributed by atoms with van der Waals surface area (Å²) in [5, 5.41) is 7.55. The van der Waals surface area contributed by atoms with E-state index in [-0.39, 0.29) is 5.62 Å². The summed E-state index contributed by atoms with van der Waals surface area (Å²) in [6.45, 7) is 2.59. The van der Waals surface area contributed by atoms with E-state index in [0.717, 1.165) is 0 Å². The molecule has 2 heterocycles. The van der Waals surface area contributed by atoms with Crippen molar-refractivity contribution < 1.29 is 0 Å². The summed E-state index contributed by atoms with van der Waals surface area (Å²) in [7, 11) is 0. The minimum Gasteiger partial charge on any atom is -0.382 e. The van der Waals surface area contributed by atoms with Gasteiger partial charge in [0.2, 0.25) is 5.62 Å². The van der Waals surface area contributed by atoms with Gasteiger partial charge in [0.15, 0.2) is 11.5 Å². The Kier molecular flexibility index (Phi) is 1.54. The van der Waals surface area contributed by atoms with Crippen LogP contribution in [0, 0.1) is 5.41 Å². The van der Waals surface area contributed by atoms with Crippen LogP contribution in [0.3, 0.4) is 0 Å². The molecule has 4 N–H and O–H groups in total. The average Bonchev–Trinajstić information content (AvgIpc) is 2.53. The van der Waals surface area contributed by atoms with E-state index in [0.29, 0.717) is 23.5 Å². The van der Waals surface area contributed by atoms with E-state index in [2.05, 4.69) is 15.0 Å². The molecule has 0 aliphatic rings. The number of fused-ring (bicyclic) bond motifs is 1. The van der Waals surface area contributed by atoms with Gasteiger partial charge in [-0.1, -0.05) is 0 Å². The van der Waals surface area contributed by atoms with Gasteiger partial charge in [-0.2, -0.15) is 4.98 Å². The molecule has 0 aliphatic carbocycles. The van der Waals surface area contributed by atoms with Crippen molar-refractivity contribution in [3.63, 3.8) is 0 Å². The molecule has 2 rings (SSSR count). The minimum absolute atomic E-state index is 0.139. The van der Waals surface area contributed by atoms with Gasteiger partial charge in [0, 0.05) is 6.54 Å². The number of aromatic nitrogens is 4. The Bertz CT molecular complexity index is 493. The van der Waals surface area contributed by atoms with Crippen molar-refractivity contribution in [2.45, 2.75) is 13.5 Å². The maximum absolute atomic E-state index is 7.55. The van der Waals surface area contributed by atoms with Gasteiger partial charge in [0.25, 0.3) is 0 Å². The van der Waals surface area contributed by atoms with Crippen molar-refractivity contribution in [2.24, 2.45) is 0 Å². The summed E-state index contributed by atoms with van der Waals surface area (Å²) >= 11 is 0. The van der Waals surface area contributed by atoms with Crippen LogP contribution >= 0.6 is 0 Å². The van der Waals surface area contributed by atoms with Gasteiger partial charge in [-0.25, -0.2) is 4.98 Å². The Morgan fingerprint density at radius 2 is 2.46 bits per heavy atom. The number of nitrogens with zero attached hydrogens (tertiary/aromatic N) is 3. The predicted octanol–water partition coefficient (Wildman–Crippen LogP) is -0.159. The molecule has 6 heteroatoms. The van der Waals surface area contributed by atoms with Crippen molar-refractivity contribution in [3.05, 3.63) is 11.9 Å². The third-order valence-corrected chi connectivity index (χ3v) is 1.93. The summed E-state index contributed by atoms with van der Waals surface area (Å²) in [6, 6.07) is 0. The van der Waals surface area contributed by atoms with E-state index in [1.807, 2.05) is 6.92 Å². The van der Waals surface area contributed by atoms with Crippen LogP contribution in [0.4, 0.5) is 5.82 Å². The van der Waals surface area contributed by atoms with Gasteiger partial charge in [-0.15, -0.1) is 0 Å². The fraction of sp³-hybridized carbons (Fsp3) is 0.286. The highest BCUT2D eigenvalue weighted by Crippen LogP contribution is 2.10. The number of hydrogen-bond acceptors (Lipinski definition) is 4. The van der Waals surface area contributed by atoms with E-state index in [4.69, 9.17) is 11.1 Å². The normalized spacial score (nSPS) is 10.8. The summed E-state index contributed by atoms with van der Waals surface area (Å²) < 4.78 is 1.68. The van der Waals surface area contributed by atoms with Gasteiger partial charge < -0.3 is 10.7 Å². The quantitative estimate of drug-likeness (QED) is 0.566. The lowest BCUT2D eigenvalue weighted by molar-refractivity contribution is 0.695. The largest absolute Gasteiger partial charge is 0.382 e. The third-order valence-electron chi connectivity index (χ3n) is 1.93. The molecule has 68 valence electrons. The molecule has 0 fully saturated rings. The third kappa shape index (κ3) is 0.986. The van der Waals surface area contributed by atoms with Crippen molar-refractivity contribution >= 4 is 17.0 Å². The van der Waals surface area contributed by atoms with Crippen LogP contribution in [0.5, 0.6) is 0 Å². The Balaban J connectivity index is 2.97. The summed E-state index contributed by atoms with van der Waals surface area (Å²) in [5.74, 6) is 0.321. The number of aromatic amines is 1. The number of nitrogens with one attached hydrogen (secondary N) is 2. The molecule has 0 atom stereocenters. The van der Waals surface area contributed by atoms with Gasteiger partial charge in [-0.05, 0) is 6.92 Å². The fourth-order valence-corrected chi connectivity index (χ4v) is 1.31. The molecule has 0 aliphatic heterocycles. The average molecular weight is 178 g/mol. The highest BCUT2D eigenvalue weighted by molar-refractivity contribution is 5.80. The zero-order valence-electron chi connectivity index (χ0n) is 7.20. The molecule has 6 nitrogen and oxygen atoms in total. The molecule has 13 heavy (non-hydrogen) atoms. The van der Waals surface area contributed by atoms with Gasteiger partial charge in [-0.3, -0.25) is 9.98 Å². The van der Waals surface area contributed by atoms with Crippen LogP contribution in [0.1, 0.15) is 6.92 Å². The monoisotopic (exact) mass is 178 g/mol. The van der Waals surface area contributed by atoms with E-state index in [1.165, 1.54) is 0 Å². The lowest BCUT2D eigenvalue weighted by Gasteiger charge is -2.04. The van der Waals surface area contributed by atoms with Gasteiger partial charge >= 0.3 is 0 Å². The van der Waals surface area contributed by atoms with E-state index in [9.17, 15) is 0 Å². The van der Waals surface area contributed by atoms with Crippen LogP contribution < -0.4 is 11.4 Å². The summed E-state index contributed by atoms with van der Waals surface area (Å²) in [4.78, 5) is 10.8. The zero-order chi connectivity index (χ0) is 9.42. The molecule has 0 spiro atoms. The smallest absolute Gasteiger partial charge is 0.225 e. The first-order chi connectivity index (χ1) is 6.24.